The van der Waals surface area contributed by atoms with Gasteiger partial charge in [0.05, 0.1) is 25.3 Å². The minimum absolute atomic E-state index is 0.0570. The normalized spacial score (nSPS) is 10.7. The molecule has 2 aromatic heterocycles. The van der Waals surface area contributed by atoms with Gasteiger partial charge >= 0.3 is 0 Å². The largest absolute Gasteiger partial charge is 0.496 e. The fourth-order valence-corrected chi connectivity index (χ4v) is 4.26. The Bertz CT molecular complexity index is 1200. The molecule has 3 N–H and O–H groups in total. The molecule has 0 atom stereocenters. The third kappa shape index (κ3) is 5.10. The smallest absolute Gasteiger partial charge is 0.230 e. The Morgan fingerprint density at radius 1 is 1.03 bits per heavy atom. The summed E-state index contributed by atoms with van der Waals surface area (Å²) in [5.74, 6) is 0.968. The van der Waals surface area contributed by atoms with Gasteiger partial charge in [-0.05, 0) is 17.7 Å². The molecule has 0 spiro atoms. The van der Waals surface area contributed by atoms with E-state index in [1.807, 2.05) is 60.7 Å². The third-order valence-electron chi connectivity index (χ3n) is 4.78. The number of nitrogens with one attached hydrogen (secondary N) is 3. The highest BCUT2D eigenvalue weighted by Gasteiger charge is 2.15. The van der Waals surface area contributed by atoms with E-state index in [0.29, 0.717) is 18.1 Å². The molecule has 8 heteroatoms. The average Bonchev–Trinajstić information content (AvgIpc) is 3.34. The number of benzene rings is 2. The summed E-state index contributed by atoms with van der Waals surface area (Å²) in [6.45, 7) is 0.493. The number of hydrogen-bond acceptors (Lipinski definition) is 5. The Kier molecular flexibility index (Phi) is 6.28. The highest BCUT2D eigenvalue weighted by molar-refractivity contribution is 7.18. The van der Waals surface area contributed by atoms with E-state index in [-0.39, 0.29) is 24.7 Å². The quantitative estimate of drug-likeness (QED) is 0.394. The molecule has 0 aliphatic rings. The van der Waals surface area contributed by atoms with Crippen LogP contribution in [0.15, 0.2) is 60.7 Å². The molecule has 4 aromatic rings. The molecule has 0 fully saturated rings. The van der Waals surface area contributed by atoms with E-state index in [4.69, 9.17) is 4.74 Å². The lowest BCUT2D eigenvalue weighted by Crippen LogP contribution is -2.24. The number of fused-ring (bicyclic) bond motifs is 1. The summed E-state index contributed by atoms with van der Waals surface area (Å²) < 4.78 is 5.30. The Morgan fingerprint density at radius 2 is 1.81 bits per heavy atom. The van der Waals surface area contributed by atoms with Gasteiger partial charge in [-0.1, -0.05) is 48.5 Å². The third-order valence-corrected chi connectivity index (χ3v) is 5.81. The fraction of sp³-hybridized carbons (Fsp3) is 0.174. The maximum absolute atomic E-state index is 12.5. The second kappa shape index (κ2) is 9.44. The van der Waals surface area contributed by atoms with E-state index in [1.54, 1.807) is 7.11 Å². The van der Waals surface area contributed by atoms with Crippen LogP contribution in [0.3, 0.4) is 0 Å². The molecule has 0 aliphatic heterocycles. The van der Waals surface area contributed by atoms with E-state index in [1.165, 1.54) is 11.3 Å². The molecule has 2 aromatic carbocycles. The summed E-state index contributed by atoms with van der Waals surface area (Å²) in [6, 6.07) is 19.1. The van der Waals surface area contributed by atoms with Crippen molar-refractivity contribution in [2.24, 2.45) is 0 Å². The summed E-state index contributed by atoms with van der Waals surface area (Å²) in [6.07, 6.45) is 0.450. The number of amides is 2. The highest BCUT2D eigenvalue weighted by atomic mass is 32.1. The zero-order valence-corrected chi connectivity index (χ0v) is 17.8. The standard InChI is InChI=1S/C23H22N4O3S/c1-30-19-10-6-5-9-16(19)11-21(29)25-22-18-12-17(31-23(18)27-26-22)13-20(28)24-14-15-7-3-2-4-8-15/h2-10,12H,11,13-14H2,1H3,(H,24,28)(H2,25,26,27,29). The van der Waals surface area contributed by atoms with E-state index in [0.717, 1.165) is 26.2 Å². The number of aromatic nitrogens is 2. The lowest BCUT2D eigenvalue weighted by atomic mass is 10.1. The summed E-state index contributed by atoms with van der Waals surface area (Å²) >= 11 is 1.43. The van der Waals surface area contributed by atoms with Crippen molar-refractivity contribution in [1.29, 1.82) is 0 Å². The van der Waals surface area contributed by atoms with E-state index >= 15 is 0 Å². The molecule has 0 saturated carbocycles. The van der Waals surface area contributed by atoms with Crippen LogP contribution in [0.4, 0.5) is 5.82 Å². The highest BCUT2D eigenvalue weighted by Crippen LogP contribution is 2.30. The van der Waals surface area contributed by atoms with Crippen molar-refractivity contribution in [1.82, 2.24) is 15.5 Å². The van der Waals surface area contributed by atoms with Gasteiger partial charge in [0, 0.05) is 17.0 Å². The molecule has 0 unspecified atom stereocenters. The molecule has 0 saturated heterocycles. The SMILES string of the molecule is COc1ccccc1CC(=O)Nc1[nH]nc2sc(CC(=O)NCc3ccccc3)cc12. The molecule has 158 valence electrons. The first-order chi connectivity index (χ1) is 15.1. The Balaban J connectivity index is 1.38. The first-order valence-electron chi connectivity index (χ1n) is 9.81. The lowest BCUT2D eigenvalue weighted by molar-refractivity contribution is -0.120. The first-order valence-corrected chi connectivity index (χ1v) is 10.6. The predicted molar refractivity (Wildman–Crippen MR) is 121 cm³/mol. The lowest BCUT2D eigenvalue weighted by Gasteiger charge is -2.08. The van der Waals surface area contributed by atoms with E-state index in [2.05, 4.69) is 20.8 Å². The predicted octanol–water partition coefficient (Wildman–Crippen LogP) is 3.67. The second-order valence-electron chi connectivity index (χ2n) is 7.01. The maximum atomic E-state index is 12.5. The van der Waals surface area contributed by atoms with Gasteiger partial charge in [-0.3, -0.25) is 14.7 Å². The summed E-state index contributed by atoms with van der Waals surface area (Å²) in [5, 5.41) is 13.7. The number of methoxy groups -OCH3 is 1. The Labute approximate surface area is 183 Å². The second-order valence-corrected chi connectivity index (χ2v) is 8.12. The van der Waals surface area contributed by atoms with Crippen molar-refractivity contribution < 1.29 is 14.3 Å². The molecular weight excluding hydrogens is 412 g/mol. The zero-order valence-electron chi connectivity index (χ0n) is 17.0. The van der Waals surface area contributed by atoms with Gasteiger partial charge in [-0.25, -0.2) is 0 Å². The number of para-hydroxylation sites is 1. The van der Waals surface area contributed by atoms with Gasteiger partial charge in [-0.15, -0.1) is 11.3 Å². The molecule has 0 aliphatic carbocycles. The van der Waals surface area contributed by atoms with Gasteiger partial charge in [0.1, 0.15) is 16.4 Å². The molecule has 0 radical (unpaired) electrons. The van der Waals surface area contributed by atoms with Crippen LogP contribution in [0.1, 0.15) is 16.0 Å². The number of nitrogens with zero attached hydrogens (tertiary/aromatic N) is 1. The number of anilines is 1. The molecule has 31 heavy (non-hydrogen) atoms. The van der Waals surface area contributed by atoms with Crippen molar-refractivity contribution in [2.45, 2.75) is 19.4 Å². The van der Waals surface area contributed by atoms with E-state index < -0.39 is 0 Å². The van der Waals surface area contributed by atoms with Crippen LogP contribution < -0.4 is 15.4 Å². The number of thiophene rings is 1. The maximum Gasteiger partial charge on any atom is 0.230 e. The topological polar surface area (TPSA) is 96.1 Å². The molecule has 2 amide bonds. The van der Waals surface area contributed by atoms with E-state index in [9.17, 15) is 9.59 Å². The first kappa shape index (κ1) is 20.6. The fourth-order valence-electron chi connectivity index (χ4n) is 3.27. The molecular formula is C23H22N4O3S. The Morgan fingerprint density at radius 3 is 2.61 bits per heavy atom. The minimum Gasteiger partial charge on any atom is -0.496 e. The van der Waals surface area contributed by atoms with Crippen molar-refractivity contribution in [3.8, 4) is 5.75 Å². The van der Waals surface area contributed by atoms with Crippen LogP contribution in [0.5, 0.6) is 5.75 Å². The van der Waals surface area contributed by atoms with Gasteiger partial charge in [0.2, 0.25) is 11.8 Å². The number of carbonyl (C=O) groups is 2. The number of hydrogen-bond donors (Lipinski definition) is 3. The van der Waals surface area contributed by atoms with Crippen LogP contribution in [0.2, 0.25) is 0 Å². The van der Waals surface area contributed by atoms with Gasteiger partial charge < -0.3 is 15.4 Å². The van der Waals surface area contributed by atoms with Crippen LogP contribution in [0.25, 0.3) is 10.2 Å². The summed E-state index contributed by atoms with van der Waals surface area (Å²) in [7, 11) is 1.58. The zero-order chi connectivity index (χ0) is 21.6. The number of rotatable bonds is 8. The van der Waals surface area contributed by atoms with Crippen molar-refractivity contribution in [3.05, 3.63) is 76.7 Å². The van der Waals surface area contributed by atoms with Crippen LogP contribution >= 0.6 is 11.3 Å². The average molecular weight is 435 g/mol. The number of H-pyrrole nitrogens is 1. The van der Waals surface area contributed by atoms with Crippen LogP contribution in [-0.2, 0) is 29.0 Å². The van der Waals surface area contributed by atoms with Crippen LogP contribution in [-0.4, -0.2) is 29.1 Å². The van der Waals surface area contributed by atoms with Crippen molar-refractivity contribution in [3.63, 3.8) is 0 Å². The summed E-state index contributed by atoms with van der Waals surface area (Å²) in [4.78, 5) is 26.5. The number of ether oxygens (including phenoxy) is 1. The molecule has 2 heterocycles. The monoisotopic (exact) mass is 434 g/mol. The number of carbonyl (C=O) groups excluding carboxylic acids is 2. The molecule has 0 bridgehead atoms. The van der Waals surface area contributed by atoms with Crippen LogP contribution in [0, 0.1) is 0 Å². The minimum atomic E-state index is -0.177. The van der Waals surface area contributed by atoms with Gasteiger partial charge in [0.25, 0.3) is 0 Å². The number of aromatic amines is 1. The van der Waals surface area contributed by atoms with Crippen molar-refractivity contribution >= 4 is 39.2 Å². The van der Waals surface area contributed by atoms with Gasteiger partial charge in [-0.2, -0.15) is 5.10 Å². The summed E-state index contributed by atoms with van der Waals surface area (Å²) in [5.41, 5.74) is 1.86. The van der Waals surface area contributed by atoms with Crippen molar-refractivity contribution in [2.75, 3.05) is 12.4 Å². The Hall–Kier alpha value is -3.65. The molecule has 7 nitrogen and oxygen atoms in total. The van der Waals surface area contributed by atoms with Gasteiger partial charge in [0.15, 0.2) is 0 Å². The molecule has 4 rings (SSSR count).